The smallest absolute Gasteiger partial charge is 0.229 e. The van der Waals surface area contributed by atoms with Gasteiger partial charge in [0.05, 0.1) is 5.92 Å². The Labute approximate surface area is 159 Å². The van der Waals surface area contributed by atoms with E-state index in [1.165, 1.54) is 0 Å². The first-order chi connectivity index (χ1) is 12.2. The molecular formula is C21H36N4O. The van der Waals surface area contributed by atoms with E-state index in [9.17, 15) is 4.79 Å². The molecule has 0 radical (unpaired) electrons. The molecule has 1 aliphatic rings. The number of benzene rings is 1. The number of carbonyl (C=O) groups is 1. The van der Waals surface area contributed by atoms with Gasteiger partial charge < -0.3 is 19.6 Å². The second-order valence-electron chi connectivity index (χ2n) is 8.50. The number of rotatable bonds is 7. The van der Waals surface area contributed by atoms with Crippen molar-refractivity contribution < 1.29 is 4.79 Å². The van der Waals surface area contributed by atoms with Crippen molar-refractivity contribution in [1.82, 2.24) is 14.7 Å². The molecule has 2 rings (SSSR count). The molecule has 0 N–H and O–H groups in total. The van der Waals surface area contributed by atoms with Crippen molar-refractivity contribution in [3.8, 4) is 0 Å². The summed E-state index contributed by atoms with van der Waals surface area (Å²) < 4.78 is 0. The Balaban J connectivity index is 2.07. The van der Waals surface area contributed by atoms with Crippen molar-refractivity contribution in [2.45, 2.75) is 12.8 Å². The molecule has 1 amide bonds. The zero-order chi connectivity index (χ0) is 19.4. The molecule has 0 saturated carbocycles. The second-order valence-corrected chi connectivity index (χ2v) is 8.50. The number of anilines is 1. The molecule has 5 nitrogen and oxygen atoms in total. The monoisotopic (exact) mass is 360 g/mol. The lowest BCUT2D eigenvalue weighted by molar-refractivity contribution is -0.131. The highest BCUT2D eigenvalue weighted by molar-refractivity contribution is 5.83. The molecular weight excluding hydrogens is 324 g/mol. The van der Waals surface area contributed by atoms with Crippen molar-refractivity contribution in [3.63, 3.8) is 0 Å². The van der Waals surface area contributed by atoms with Crippen molar-refractivity contribution in [3.05, 3.63) is 29.8 Å². The summed E-state index contributed by atoms with van der Waals surface area (Å²) in [7, 11) is 12.5. The SMILES string of the molecule is CC(C(=O)N1C[C@@H](CN(C)C)[C@H](CN(C)C)C1)c1ccc(N(C)C)cc1. The number of hydrogen-bond acceptors (Lipinski definition) is 4. The Kier molecular flexibility index (Phi) is 7.07. The van der Waals surface area contributed by atoms with Crippen LogP contribution in [0.1, 0.15) is 18.4 Å². The summed E-state index contributed by atoms with van der Waals surface area (Å²) >= 11 is 0. The van der Waals surface area contributed by atoms with Crippen LogP contribution in [0.2, 0.25) is 0 Å². The van der Waals surface area contributed by atoms with E-state index >= 15 is 0 Å². The van der Waals surface area contributed by atoms with Crippen molar-refractivity contribution >= 4 is 11.6 Å². The van der Waals surface area contributed by atoms with Crippen molar-refractivity contribution in [1.29, 1.82) is 0 Å². The maximum Gasteiger partial charge on any atom is 0.229 e. The Morgan fingerprint density at radius 2 is 1.42 bits per heavy atom. The van der Waals surface area contributed by atoms with Gasteiger partial charge in [0.1, 0.15) is 0 Å². The van der Waals surface area contributed by atoms with E-state index in [2.05, 4.69) is 72.1 Å². The van der Waals surface area contributed by atoms with Crippen molar-refractivity contribution in [2.75, 3.05) is 73.4 Å². The van der Waals surface area contributed by atoms with Crippen LogP contribution in [0, 0.1) is 11.8 Å². The van der Waals surface area contributed by atoms with E-state index in [4.69, 9.17) is 0 Å². The summed E-state index contributed by atoms with van der Waals surface area (Å²) in [6.45, 7) is 5.85. The molecule has 0 aromatic heterocycles. The largest absolute Gasteiger partial charge is 0.378 e. The first-order valence-corrected chi connectivity index (χ1v) is 9.54. The molecule has 26 heavy (non-hydrogen) atoms. The minimum Gasteiger partial charge on any atom is -0.378 e. The third-order valence-electron chi connectivity index (χ3n) is 5.37. The minimum absolute atomic E-state index is 0.0932. The predicted octanol–water partition coefficient (Wildman–Crippen LogP) is 2.05. The molecule has 1 fully saturated rings. The van der Waals surface area contributed by atoms with E-state index in [0.717, 1.165) is 37.4 Å². The van der Waals surface area contributed by atoms with Gasteiger partial charge in [0, 0.05) is 46.0 Å². The maximum absolute atomic E-state index is 13.1. The predicted molar refractivity (Wildman–Crippen MR) is 110 cm³/mol. The molecule has 1 heterocycles. The van der Waals surface area contributed by atoms with E-state index in [1.807, 2.05) is 21.0 Å². The fraction of sp³-hybridized carbons (Fsp3) is 0.667. The standard InChI is InChI=1S/C21H36N4O/c1-16(17-8-10-20(11-9-17)24(6)7)21(26)25-14-18(12-22(2)3)19(15-25)13-23(4)5/h8-11,16,18-19H,12-15H2,1-7H3/t16?,18-,19-/m1/s1. The second kappa shape index (κ2) is 8.87. The lowest BCUT2D eigenvalue weighted by atomic mass is 9.95. The van der Waals surface area contributed by atoms with Crippen LogP contribution in [0.5, 0.6) is 0 Å². The average molecular weight is 361 g/mol. The van der Waals surface area contributed by atoms with Gasteiger partial charge in [-0.1, -0.05) is 12.1 Å². The van der Waals surface area contributed by atoms with Gasteiger partial charge in [-0.3, -0.25) is 4.79 Å². The van der Waals surface area contributed by atoms with Crippen LogP contribution in [-0.2, 0) is 4.79 Å². The first kappa shape index (κ1) is 20.7. The van der Waals surface area contributed by atoms with Crippen LogP contribution in [0.4, 0.5) is 5.69 Å². The Bertz CT molecular complexity index is 564. The summed E-state index contributed by atoms with van der Waals surface area (Å²) in [6.07, 6.45) is 0. The van der Waals surface area contributed by atoms with Crippen molar-refractivity contribution in [2.24, 2.45) is 11.8 Å². The van der Waals surface area contributed by atoms with Gasteiger partial charge >= 0.3 is 0 Å². The topological polar surface area (TPSA) is 30.0 Å². The molecule has 0 bridgehead atoms. The normalized spacial score (nSPS) is 21.5. The molecule has 1 aromatic carbocycles. The van der Waals surface area contributed by atoms with Gasteiger partial charge in [0.15, 0.2) is 0 Å². The van der Waals surface area contributed by atoms with Crippen LogP contribution in [0.3, 0.4) is 0 Å². The minimum atomic E-state index is -0.0932. The van der Waals surface area contributed by atoms with E-state index in [-0.39, 0.29) is 11.8 Å². The number of carbonyl (C=O) groups excluding carboxylic acids is 1. The molecule has 1 aromatic rings. The third-order valence-corrected chi connectivity index (χ3v) is 5.37. The molecule has 0 spiro atoms. The first-order valence-electron chi connectivity index (χ1n) is 9.54. The molecule has 1 saturated heterocycles. The van der Waals surface area contributed by atoms with Crippen LogP contribution in [-0.4, -0.2) is 89.1 Å². The molecule has 1 aliphatic heterocycles. The van der Waals surface area contributed by atoms with E-state index in [0.29, 0.717) is 11.8 Å². The van der Waals surface area contributed by atoms with Gasteiger partial charge in [-0.2, -0.15) is 0 Å². The van der Waals surface area contributed by atoms with Gasteiger partial charge in [0.2, 0.25) is 5.91 Å². The molecule has 146 valence electrons. The third kappa shape index (κ3) is 5.21. The van der Waals surface area contributed by atoms with Gasteiger partial charge in [-0.15, -0.1) is 0 Å². The van der Waals surface area contributed by atoms with Gasteiger partial charge in [-0.25, -0.2) is 0 Å². The number of nitrogens with zero attached hydrogens (tertiary/aromatic N) is 4. The van der Waals surface area contributed by atoms with E-state index < -0.39 is 0 Å². The highest BCUT2D eigenvalue weighted by Crippen LogP contribution is 2.29. The van der Waals surface area contributed by atoms with Crippen LogP contribution in [0.25, 0.3) is 0 Å². The maximum atomic E-state index is 13.1. The fourth-order valence-electron chi connectivity index (χ4n) is 3.95. The average Bonchev–Trinajstić information content (AvgIpc) is 2.94. The summed E-state index contributed by atoms with van der Waals surface area (Å²) in [5.74, 6) is 1.25. The summed E-state index contributed by atoms with van der Waals surface area (Å²) in [5, 5.41) is 0. The highest BCUT2D eigenvalue weighted by atomic mass is 16.2. The number of amides is 1. The fourth-order valence-corrected chi connectivity index (χ4v) is 3.95. The zero-order valence-corrected chi connectivity index (χ0v) is 17.6. The zero-order valence-electron chi connectivity index (χ0n) is 17.6. The highest BCUT2D eigenvalue weighted by Gasteiger charge is 2.37. The Morgan fingerprint density at radius 3 is 1.81 bits per heavy atom. The van der Waals surface area contributed by atoms with Crippen LogP contribution >= 0.6 is 0 Å². The summed E-state index contributed by atoms with van der Waals surface area (Å²) in [6, 6.07) is 8.35. The van der Waals surface area contributed by atoms with Crippen LogP contribution < -0.4 is 4.90 Å². The quantitative estimate of drug-likeness (QED) is 0.744. The lowest BCUT2D eigenvalue weighted by Crippen LogP contribution is -2.33. The number of likely N-dealkylation sites (tertiary alicyclic amines) is 1. The summed E-state index contributed by atoms with van der Waals surface area (Å²) in [5.41, 5.74) is 2.26. The molecule has 1 unspecified atom stereocenters. The van der Waals surface area contributed by atoms with Crippen LogP contribution in [0.15, 0.2) is 24.3 Å². The molecule has 3 atom stereocenters. The van der Waals surface area contributed by atoms with Gasteiger partial charge in [0.25, 0.3) is 0 Å². The van der Waals surface area contributed by atoms with Gasteiger partial charge in [-0.05, 0) is 64.6 Å². The number of hydrogen-bond donors (Lipinski definition) is 0. The molecule has 5 heteroatoms. The Hall–Kier alpha value is -1.59. The summed E-state index contributed by atoms with van der Waals surface area (Å²) in [4.78, 5) is 21.8. The Morgan fingerprint density at radius 1 is 0.962 bits per heavy atom. The lowest BCUT2D eigenvalue weighted by Gasteiger charge is -2.24. The molecule has 0 aliphatic carbocycles. The van der Waals surface area contributed by atoms with E-state index in [1.54, 1.807) is 0 Å².